The fourth-order valence-corrected chi connectivity index (χ4v) is 1.63. The van der Waals surface area contributed by atoms with E-state index in [9.17, 15) is 9.59 Å². The highest BCUT2D eigenvalue weighted by Gasteiger charge is 2.23. The van der Waals surface area contributed by atoms with Gasteiger partial charge in [-0.05, 0) is 46.2 Å². The molecule has 0 saturated heterocycles. The fraction of sp³-hybridized carbons (Fsp3) is 0.500. The third kappa shape index (κ3) is 4.37. The van der Waals surface area contributed by atoms with E-state index in [2.05, 4.69) is 5.32 Å². The Morgan fingerprint density at radius 3 is 2.65 bits per heavy atom. The van der Waals surface area contributed by atoms with Crippen molar-refractivity contribution in [1.82, 2.24) is 5.32 Å². The normalized spacial score (nSPS) is 12.7. The summed E-state index contributed by atoms with van der Waals surface area (Å²) in [7, 11) is 0. The molecule has 0 fully saturated rings. The Morgan fingerprint density at radius 2 is 2.10 bits per heavy atom. The number of amides is 1. The van der Waals surface area contributed by atoms with Gasteiger partial charge in [0.1, 0.15) is 5.75 Å². The standard InChI is InChI=1S/C16H23NO3/c1-6-16(4,5)17-15(19)12(3)20-14-8-7-11(2)9-13(14)10-18/h7-10,12H,6H2,1-5H3,(H,17,19). The molecule has 1 atom stereocenters. The van der Waals surface area contributed by atoms with Crippen LogP contribution in [0, 0.1) is 6.92 Å². The van der Waals surface area contributed by atoms with Crippen LogP contribution in [0.5, 0.6) is 5.75 Å². The van der Waals surface area contributed by atoms with Crippen molar-refractivity contribution in [2.45, 2.75) is 52.7 Å². The monoisotopic (exact) mass is 277 g/mol. The van der Waals surface area contributed by atoms with Crippen LogP contribution in [-0.4, -0.2) is 23.8 Å². The van der Waals surface area contributed by atoms with Gasteiger partial charge in [0.15, 0.2) is 12.4 Å². The lowest BCUT2D eigenvalue weighted by Crippen LogP contribution is -2.48. The quantitative estimate of drug-likeness (QED) is 0.813. The van der Waals surface area contributed by atoms with E-state index in [1.807, 2.05) is 33.8 Å². The van der Waals surface area contributed by atoms with E-state index in [4.69, 9.17) is 4.74 Å². The molecular formula is C16H23NO3. The predicted molar refractivity (Wildman–Crippen MR) is 79.2 cm³/mol. The number of rotatable bonds is 6. The van der Waals surface area contributed by atoms with Crippen LogP contribution in [0.1, 0.15) is 50.0 Å². The Kier molecular flexibility index (Phi) is 5.31. The number of carbonyl (C=O) groups is 2. The van der Waals surface area contributed by atoms with Gasteiger partial charge in [-0.1, -0.05) is 18.6 Å². The molecule has 0 saturated carbocycles. The molecule has 1 amide bonds. The molecule has 1 N–H and O–H groups in total. The van der Waals surface area contributed by atoms with E-state index < -0.39 is 6.10 Å². The first-order valence-corrected chi connectivity index (χ1v) is 6.83. The molecule has 1 aromatic carbocycles. The smallest absolute Gasteiger partial charge is 0.261 e. The molecule has 1 unspecified atom stereocenters. The Hall–Kier alpha value is -1.84. The second-order valence-electron chi connectivity index (χ2n) is 5.65. The summed E-state index contributed by atoms with van der Waals surface area (Å²) in [5, 5.41) is 2.92. The molecule has 4 heteroatoms. The molecule has 1 rings (SSSR count). The summed E-state index contributed by atoms with van der Waals surface area (Å²) in [5.41, 5.74) is 1.17. The molecule has 0 aliphatic heterocycles. The largest absolute Gasteiger partial charge is 0.480 e. The van der Waals surface area contributed by atoms with E-state index in [0.717, 1.165) is 18.3 Å². The van der Waals surface area contributed by atoms with Crippen LogP contribution in [0.25, 0.3) is 0 Å². The average molecular weight is 277 g/mol. The molecule has 4 nitrogen and oxygen atoms in total. The maximum absolute atomic E-state index is 12.1. The Morgan fingerprint density at radius 1 is 1.45 bits per heavy atom. The van der Waals surface area contributed by atoms with E-state index in [1.165, 1.54) is 0 Å². The van der Waals surface area contributed by atoms with Gasteiger partial charge in [-0.25, -0.2) is 0 Å². The summed E-state index contributed by atoms with van der Waals surface area (Å²) >= 11 is 0. The number of nitrogens with one attached hydrogen (secondary N) is 1. The van der Waals surface area contributed by atoms with Gasteiger partial charge in [0, 0.05) is 5.54 Å². The molecule has 0 spiro atoms. The van der Waals surface area contributed by atoms with Crippen molar-refractivity contribution in [1.29, 1.82) is 0 Å². The number of hydrogen-bond donors (Lipinski definition) is 1. The van der Waals surface area contributed by atoms with Gasteiger partial charge in [-0.15, -0.1) is 0 Å². The highest BCUT2D eigenvalue weighted by molar-refractivity contribution is 5.83. The van der Waals surface area contributed by atoms with E-state index in [0.29, 0.717) is 11.3 Å². The second kappa shape index (κ2) is 6.55. The topological polar surface area (TPSA) is 55.4 Å². The molecule has 110 valence electrons. The van der Waals surface area contributed by atoms with Crippen molar-refractivity contribution in [3.8, 4) is 5.75 Å². The summed E-state index contributed by atoms with van der Waals surface area (Å²) < 4.78 is 5.60. The zero-order valence-corrected chi connectivity index (χ0v) is 12.8. The molecule has 0 aliphatic rings. The van der Waals surface area contributed by atoms with Crippen LogP contribution in [0.4, 0.5) is 0 Å². The molecule has 20 heavy (non-hydrogen) atoms. The summed E-state index contributed by atoms with van der Waals surface area (Å²) in [6.45, 7) is 9.50. The molecule has 0 aromatic heterocycles. The molecule has 0 bridgehead atoms. The maximum Gasteiger partial charge on any atom is 0.261 e. The third-order valence-corrected chi connectivity index (χ3v) is 3.31. The fourth-order valence-electron chi connectivity index (χ4n) is 1.63. The van der Waals surface area contributed by atoms with Crippen molar-refractivity contribution < 1.29 is 14.3 Å². The number of benzene rings is 1. The van der Waals surface area contributed by atoms with Crippen LogP contribution < -0.4 is 10.1 Å². The number of aldehydes is 1. The van der Waals surface area contributed by atoms with Gasteiger partial charge < -0.3 is 10.1 Å². The zero-order chi connectivity index (χ0) is 15.3. The van der Waals surface area contributed by atoms with Gasteiger partial charge in [0.05, 0.1) is 5.56 Å². The van der Waals surface area contributed by atoms with Crippen LogP contribution in [-0.2, 0) is 4.79 Å². The van der Waals surface area contributed by atoms with Gasteiger partial charge in [-0.2, -0.15) is 0 Å². The Balaban J connectivity index is 2.78. The van der Waals surface area contributed by atoms with Crippen molar-refractivity contribution in [3.63, 3.8) is 0 Å². The predicted octanol–water partition coefficient (Wildman–Crippen LogP) is 2.88. The minimum Gasteiger partial charge on any atom is -0.480 e. The number of carbonyl (C=O) groups excluding carboxylic acids is 2. The first-order valence-electron chi connectivity index (χ1n) is 6.83. The first kappa shape index (κ1) is 16.2. The van der Waals surface area contributed by atoms with Crippen molar-refractivity contribution >= 4 is 12.2 Å². The SMILES string of the molecule is CCC(C)(C)NC(=O)C(C)Oc1ccc(C)cc1C=O. The summed E-state index contributed by atoms with van der Waals surface area (Å²) in [6.07, 6.45) is 0.917. The van der Waals surface area contributed by atoms with Gasteiger partial charge in [0.25, 0.3) is 5.91 Å². The summed E-state index contributed by atoms with van der Waals surface area (Å²) in [4.78, 5) is 23.1. The van der Waals surface area contributed by atoms with E-state index in [1.54, 1.807) is 19.1 Å². The lowest BCUT2D eigenvalue weighted by molar-refractivity contribution is -0.129. The minimum absolute atomic E-state index is 0.186. The Bertz CT molecular complexity index is 494. The molecule has 0 aliphatic carbocycles. The highest BCUT2D eigenvalue weighted by Crippen LogP contribution is 2.20. The van der Waals surface area contributed by atoms with Crippen LogP contribution in [0.15, 0.2) is 18.2 Å². The van der Waals surface area contributed by atoms with Gasteiger partial charge in [-0.3, -0.25) is 9.59 Å². The van der Waals surface area contributed by atoms with Crippen LogP contribution in [0.2, 0.25) is 0 Å². The van der Waals surface area contributed by atoms with Crippen LogP contribution in [0.3, 0.4) is 0 Å². The van der Waals surface area contributed by atoms with E-state index in [-0.39, 0.29) is 11.4 Å². The first-order chi connectivity index (χ1) is 9.29. The summed E-state index contributed by atoms with van der Waals surface area (Å²) in [6, 6.07) is 5.31. The molecule has 1 aromatic rings. The van der Waals surface area contributed by atoms with Crippen molar-refractivity contribution in [2.75, 3.05) is 0 Å². The number of ether oxygens (including phenoxy) is 1. The van der Waals surface area contributed by atoms with Gasteiger partial charge >= 0.3 is 0 Å². The van der Waals surface area contributed by atoms with Crippen molar-refractivity contribution in [2.24, 2.45) is 0 Å². The number of hydrogen-bond acceptors (Lipinski definition) is 3. The van der Waals surface area contributed by atoms with E-state index >= 15 is 0 Å². The van der Waals surface area contributed by atoms with Crippen molar-refractivity contribution in [3.05, 3.63) is 29.3 Å². The summed E-state index contributed by atoms with van der Waals surface area (Å²) in [5.74, 6) is 0.247. The maximum atomic E-state index is 12.1. The number of aryl methyl sites for hydroxylation is 1. The second-order valence-corrected chi connectivity index (χ2v) is 5.65. The highest BCUT2D eigenvalue weighted by atomic mass is 16.5. The minimum atomic E-state index is -0.651. The van der Waals surface area contributed by atoms with Crippen LogP contribution >= 0.6 is 0 Å². The molecule has 0 heterocycles. The van der Waals surface area contributed by atoms with Gasteiger partial charge in [0.2, 0.25) is 0 Å². The molecule has 0 radical (unpaired) electrons. The Labute approximate surface area is 120 Å². The molecular weight excluding hydrogens is 254 g/mol. The lowest BCUT2D eigenvalue weighted by atomic mass is 10.0. The lowest BCUT2D eigenvalue weighted by Gasteiger charge is -2.26. The average Bonchev–Trinajstić information content (AvgIpc) is 2.40. The zero-order valence-electron chi connectivity index (χ0n) is 12.8. The third-order valence-electron chi connectivity index (χ3n) is 3.31.